The summed E-state index contributed by atoms with van der Waals surface area (Å²) in [5.74, 6) is 0.0638. The van der Waals surface area contributed by atoms with Gasteiger partial charge in [-0.2, -0.15) is 0 Å². The van der Waals surface area contributed by atoms with Crippen molar-refractivity contribution in [2.75, 3.05) is 16.4 Å². The van der Waals surface area contributed by atoms with E-state index in [4.69, 9.17) is 5.73 Å². The number of carbonyl (C=O) groups is 1. The molecule has 0 saturated heterocycles. The number of hydrogen-bond acceptors (Lipinski definition) is 4. The van der Waals surface area contributed by atoms with Gasteiger partial charge in [0.15, 0.2) is 0 Å². The second-order valence-electron chi connectivity index (χ2n) is 6.96. The van der Waals surface area contributed by atoms with Crippen LogP contribution < -0.4 is 16.4 Å². The Hall–Kier alpha value is -3.73. The van der Waals surface area contributed by atoms with E-state index >= 15 is 0 Å². The van der Waals surface area contributed by atoms with E-state index in [1.54, 1.807) is 12.3 Å². The number of aromatic hydroxyl groups is 1. The van der Waals surface area contributed by atoms with Crippen molar-refractivity contribution in [1.82, 2.24) is 0 Å². The zero-order chi connectivity index (χ0) is 19.7. The van der Waals surface area contributed by atoms with Crippen molar-refractivity contribution in [3.05, 3.63) is 89.1 Å². The summed E-state index contributed by atoms with van der Waals surface area (Å²) in [6.07, 6.45) is 2.44. The Morgan fingerprint density at radius 3 is 2.54 bits per heavy atom. The smallest absolute Gasteiger partial charge is 0.257 e. The van der Waals surface area contributed by atoms with E-state index in [9.17, 15) is 9.90 Å². The van der Waals surface area contributed by atoms with Gasteiger partial charge in [-0.1, -0.05) is 24.3 Å². The SMILES string of the molecule is Cc1ccc(NC=C2C(=O)Nc3ccc(Cc4ccc(N)cc4)cc32)cc1O. The maximum atomic E-state index is 12.4. The fraction of sp³-hybridized carbons (Fsp3) is 0.0870. The second kappa shape index (κ2) is 7.12. The summed E-state index contributed by atoms with van der Waals surface area (Å²) in [7, 11) is 0. The van der Waals surface area contributed by atoms with Crippen LogP contribution in [0.15, 0.2) is 66.9 Å². The van der Waals surface area contributed by atoms with Gasteiger partial charge in [-0.05, 0) is 60.4 Å². The van der Waals surface area contributed by atoms with E-state index in [1.165, 1.54) is 0 Å². The van der Waals surface area contributed by atoms with Crippen molar-refractivity contribution in [3.63, 3.8) is 0 Å². The molecule has 140 valence electrons. The predicted molar refractivity (Wildman–Crippen MR) is 113 cm³/mol. The van der Waals surface area contributed by atoms with Gasteiger partial charge in [-0.25, -0.2) is 0 Å². The number of carbonyl (C=O) groups excluding carboxylic acids is 1. The molecule has 1 amide bonds. The molecule has 0 radical (unpaired) electrons. The average molecular weight is 371 g/mol. The molecule has 1 heterocycles. The number of phenolic OH excluding ortho intramolecular Hbond substituents is 1. The van der Waals surface area contributed by atoms with Gasteiger partial charge in [-0.3, -0.25) is 4.79 Å². The van der Waals surface area contributed by atoms with E-state index in [2.05, 4.69) is 10.6 Å². The Bertz CT molecular complexity index is 1090. The molecule has 5 heteroatoms. The fourth-order valence-electron chi connectivity index (χ4n) is 3.21. The van der Waals surface area contributed by atoms with Gasteiger partial charge in [0.2, 0.25) is 0 Å². The van der Waals surface area contributed by atoms with Crippen LogP contribution in [-0.4, -0.2) is 11.0 Å². The molecule has 3 aromatic rings. The van der Waals surface area contributed by atoms with Gasteiger partial charge in [0.25, 0.3) is 5.91 Å². The largest absolute Gasteiger partial charge is 0.508 e. The van der Waals surface area contributed by atoms with Gasteiger partial charge < -0.3 is 21.5 Å². The standard InChI is InChI=1S/C23H21N3O2/c1-14-2-8-18(12-22(14)27)25-13-20-19-11-16(5-9-21(19)26-23(20)28)10-15-3-6-17(24)7-4-15/h2-9,11-13,25,27H,10,24H2,1H3,(H,26,28). The minimum Gasteiger partial charge on any atom is -0.508 e. The molecule has 0 bridgehead atoms. The lowest BCUT2D eigenvalue weighted by Crippen LogP contribution is -2.05. The Morgan fingerprint density at radius 2 is 1.79 bits per heavy atom. The third kappa shape index (κ3) is 3.55. The van der Waals surface area contributed by atoms with E-state index in [1.807, 2.05) is 61.5 Å². The van der Waals surface area contributed by atoms with Gasteiger partial charge in [0.1, 0.15) is 5.75 Å². The normalized spacial score (nSPS) is 14.0. The van der Waals surface area contributed by atoms with Crippen LogP contribution in [0.25, 0.3) is 5.57 Å². The van der Waals surface area contributed by atoms with Crippen LogP contribution in [0, 0.1) is 6.92 Å². The first kappa shape index (κ1) is 17.7. The zero-order valence-corrected chi connectivity index (χ0v) is 15.5. The van der Waals surface area contributed by atoms with E-state index < -0.39 is 0 Å². The third-order valence-corrected chi connectivity index (χ3v) is 4.85. The number of nitrogens with one attached hydrogen (secondary N) is 2. The van der Waals surface area contributed by atoms with Crippen LogP contribution in [0.4, 0.5) is 17.1 Å². The molecule has 4 rings (SSSR count). The summed E-state index contributed by atoms with van der Waals surface area (Å²) in [4.78, 5) is 12.4. The van der Waals surface area contributed by atoms with E-state index in [0.717, 1.165) is 45.7 Å². The molecule has 3 aromatic carbocycles. The van der Waals surface area contributed by atoms with Gasteiger partial charge >= 0.3 is 0 Å². The molecule has 28 heavy (non-hydrogen) atoms. The molecule has 0 fully saturated rings. The number of amides is 1. The van der Waals surface area contributed by atoms with Crippen LogP contribution in [0.3, 0.4) is 0 Å². The molecular weight excluding hydrogens is 350 g/mol. The number of nitrogen functional groups attached to an aromatic ring is 1. The first-order valence-electron chi connectivity index (χ1n) is 9.05. The number of aryl methyl sites for hydroxylation is 1. The van der Waals surface area contributed by atoms with Crippen LogP contribution in [0.5, 0.6) is 5.75 Å². The van der Waals surface area contributed by atoms with Crippen molar-refractivity contribution in [1.29, 1.82) is 0 Å². The number of rotatable bonds is 4. The lowest BCUT2D eigenvalue weighted by atomic mass is 9.99. The molecule has 0 atom stereocenters. The van der Waals surface area contributed by atoms with Crippen molar-refractivity contribution in [2.24, 2.45) is 0 Å². The monoisotopic (exact) mass is 371 g/mol. The van der Waals surface area contributed by atoms with E-state index in [0.29, 0.717) is 5.57 Å². The molecular formula is C23H21N3O2. The maximum absolute atomic E-state index is 12.4. The number of hydrogen-bond donors (Lipinski definition) is 4. The van der Waals surface area contributed by atoms with E-state index in [-0.39, 0.29) is 11.7 Å². The Labute approximate surface area is 163 Å². The third-order valence-electron chi connectivity index (χ3n) is 4.85. The van der Waals surface area contributed by atoms with Crippen LogP contribution >= 0.6 is 0 Å². The zero-order valence-electron chi connectivity index (χ0n) is 15.5. The summed E-state index contributed by atoms with van der Waals surface area (Å²) < 4.78 is 0. The first-order chi connectivity index (χ1) is 13.5. The molecule has 0 saturated carbocycles. The van der Waals surface area contributed by atoms with Gasteiger partial charge in [0.05, 0.1) is 5.57 Å². The minimum absolute atomic E-state index is 0.150. The number of anilines is 3. The topological polar surface area (TPSA) is 87.4 Å². The molecule has 1 aliphatic rings. The quantitative estimate of drug-likeness (QED) is 0.407. The van der Waals surface area contributed by atoms with Crippen LogP contribution in [0.1, 0.15) is 22.3 Å². The predicted octanol–water partition coefficient (Wildman–Crippen LogP) is 4.28. The Balaban J connectivity index is 1.60. The Morgan fingerprint density at radius 1 is 1.04 bits per heavy atom. The molecule has 0 aromatic heterocycles. The maximum Gasteiger partial charge on any atom is 0.257 e. The van der Waals surface area contributed by atoms with Crippen molar-refractivity contribution in [2.45, 2.75) is 13.3 Å². The van der Waals surface area contributed by atoms with Crippen LogP contribution in [-0.2, 0) is 11.2 Å². The summed E-state index contributed by atoms with van der Waals surface area (Å²) in [5, 5.41) is 15.8. The van der Waals surface area contributed by atoms with Crippen molar-refractivity contribution >= 4 is 28.5 Å². The molecule has 5 nitrogen and oxygen atoms in total. The number of phenols is 1. The van der Waals surface area contributed by atoms with Crippen LogP contribution in [0.2, 0.25) is 0 Å². The molecule has 0 aliphatic carbocycles. The summed E-state index contributed by atoms with van der Waals surface area (Å²) in [5.41, 5.74) is 12.5. The van der Waals surface area contributed by atoms with Gasteiger partial charge in [0, 0.05) is 34.9 Å². The number of nitrogens with two attached hydrogens (primary N) is 1. The fourth-order valence-corrected chi connectivity index (χ4v) is 3.21. The highest BCUT2D eigenvalue weighted by Gasteiger charge is 2.24. The number of benzene rings is 3. The molecule has 0 unspecified atom stereocenters. The second-order valence-corrected chi connectivity index (χ2v) is 6.96. The number of fused-ring (bicyclic) bond motifs is 1. The molecule has 1 aliphatic heterocycles. The first-order valence-corrected chi connectivity index (χ1v) is 9.05. The van der Waals surface area contributed by atoms with Gasteiger partial charge in [-0.15, -0.1) is 0 Å². The summed E-state index contributed by atoms with van der Waals surface area (Å²) >= 11 is 0. The lowest BCUT2D eigenvalue weighted by Gasteiger charge is -2.07. The summed E-state index contributed by atoms with van der Waals surface area (Å²) in [6.45, 7) is 1.83. The average Bonchev–Trinajstić information content (AvgIpc) is 2.99. The Kier molecular flexibility index (Phi) is 4.49. The highest BCUT2D eigenvalue weighted by atomic mass is 16.3. The highest BCUT2D eigenvalue weighted by Crippen LogP contribution is 2.33. The molecule has 0 spiro atoms. The van der Waals surface area contributed by atoms with Crippen molar-refractivity contribution < 1.29 is 9.90 Å². The van der Waals surface area contributed by atoms with Crippen molar-refractivity contribution in [3.8, 4) is 5.75 Å². The minimum atomic E-state index is -0.150. The lowest BCUT2D eigenvalue weighted by molar-refractivity contribution is -0.110. The summed E-state index contributed by atoms with van der Waals surface area (Å²) in [6, 6.07) is 19.1. The molecule has 5 N–H and O–H groups in total. The highest BCUT2D eigenvalue weighted by molar-refractivity contribution is 6.31.